The Labute approximate surface area is 109 Å². The highest BCUT2D eigenvalue weighted by atomic mass is 19.3. The van der Waals surface area contributed by atoms with Crippen LogP contribution in [0.2, 0.25) is 0 Å². The van der Waals surface area contributed by atoms with Crippen LogP contribution < -0.4 is 5.32 Å². The van der Waals surface area contributed by atoms with Crippen LogP contribution in [0.4, 0.5) is 14.5 Å². The molecule has 1 aliphatic heterocycles. The largest absolute Gasteiger partial charge is 0.508 e. The molecule has 3 rings (SSSR count). The summed E-state index contributed by atoms with van der Waals surface area (Å²) in [6, 6.07) is 9.70. The van der Waals surface area contributed by atoms with Gasteiger partial charge >= 0.3 is 0 Å². The van der Waals surface area contributed by atoms with Crippen molar-refractivity contribution in [3.8, 4) is 16.9 Å². The minimum Gasteiger partial charge on any atom is -0.508 e. The van der Waals surface area contributed by atoms with Crippen LogP contribution in [-0.4, -0.2) is 11.7 Å². The maximum Gasteiger partial charge on any atom is 0.264 e. The number of aromatic hydroxyl groups is 1. The van der Waals surface area contributed by atoms with E-state index in [0.717, 1.165) is 24.2 Å². The molecule has 0 saturated carbocycles. The number of benzene rings is 2. The van der Waals surface area contributed by atoms with E-state index in [2.05, 4.69) is 5.32 Å². The van der Waals surface area contributed by atoms with Gasteiger partial charge in [0.25, 0.3) is 6.43 Å². The smallest absolute Gasteiger partial charge is 0.264 e. The summed E-state index contributed by atoms with van der Waals surface area (Å²) in [5.74, 6) is 0.130. The Hall–Kier alpha value is -2.10. The molecule has 98 valence electrons. The number of phenols is 1. The fourth-order valence-corrected chi connectivity index (χ4v) is 2.44. The number of fused-ring (bicyclic) bond motifs is 1. The fraction of sp³-hybridized carbons (Fsp3) is 0.200. The maximum atomic E-state index is 13.2. The van der Waals surface area contributed by atoms with E-state index in [1.54, 1.807) is 12.1 Å². The predicted octanol–water partition coefficient (Wildman–Crippen LogP) is 3.96. The van der Waals surface area contributed by atoms with Crippen molar-refractivity contribution in [1.82, 2.24) is 0 Å². The minimum absolute atomic E-state index is 0.0267. The monoisotopic (exact) mass is 261 g/mol. The van der Waals surface area contributed by atoms with Crippen LogP contribution >= 0.6 is 0 Å². The number of hydrogen-bond donors (Lipinski definition) is 2. The molecular weight excluding hydrogens is 248 g/mol. The van der Waals surface area contributed by atoms with E-state index in [-0.39, 0.29) is 11.3 Å². The summed E-state index contributed by atoms with van der Waals surface area (Å²) in [7, 11) is 0. The molecule has 0 aromatic heterocycles. The van der Waals surface area contributed by atoms with Crippen molar-refractivity contribution in [2.24, 2.45) is 0 Å². The normalized spacial score (nSPS) is 13.4. The Kier molecular flexibility index (Phi) is 2.85. The number of hydrogen-bond acceptors (Lipinski definition) is 2. The summed E-state index contributed by atoms with van der Waals surface area (Å²) >= 11 is 0. The van der Waals surface area contributed by atoms with E-state index in [0.29, 0.717) is 11.1 Å². The van der Waals surface area contributed by atoms with Crippen molar-refractivity contribution in [3.05, 3.63) is 47.5 Å². The van der Waals surface area contributed by atoms with Gasteiger partial charge in [-0.15, -0.1) is 0 Å². The molecule has 0 fully saturated rings. The molecule has 0 unspecified atom stereocenters. The van der Waals surface area contributed by atoms with Crippen LogP contribution in [0.3, 0.4) is 0 Å². The van der Waals surface area contributed by atoms with Crippen molar-refractivity contribution in [2.45, 2.75) is 12.8 Å². The van der Waals surface area contributed by atoms with Gasteiger partial charge in [-0.05, 0) is 47.4 Å². The SMILES string of the molecule is Oc1ccc(-c2cc3c(cc2C(F)F)NCC3)cc1. The highest BCUT2D eigenvalue weighted by Crippen LogP contribution is 2.37. The van der Waals surface area contributed by atoms with Gasteiger partial charge in [0.1, 0.15) is 5.75 Å². The summed E-state index contributed by atoms with van der Waals surface area (Å²) in [5.41, 5.74) is 3.13. The highest BCUT2D eigenvalue weighted by molar-refractivity contribution is 5.74. The third-order valence-corrected chi connectivity index (χ3v) is 3.40. The van der Waals surface area contributed by atoms with Crippen LogP contribution in [0.25, 0.3) is 11.1 Å². The summed E-state index contributed by atoms with van der Waals surface area (Å²) in [5, 5.41) is 12.4. The van der Waals surface area contributed by atoms with Crippen molar-refractivity contribution in [2.75, 3.05) is 11.9 Å². The predicted molar refractivity (Wildman–Crippen MR) is 70.7 cm³/mol. The third-order valence-electron chi connectivity index (χ3n) is 3.40. The average molecular weight is 261 g/mol. The molecule has 0 aliphatic carbocycles. The Bertz CT molecular complexity index is 608. The lowest BCUT2D eigenvalue weighted by atomic mass is 9.96. The molecule has 2 nitrogen and oxygen atoms in total. The van der Waals surface area contributed by atoms with Crippen LogP contribution in [0.1, 0.15) is 17.6 Å². The molecule has 0 atom stereocenters. The molecule has 0 saturated heterocycles. The van der Waals surface area contributed by atoms with Crippen molar-refractivity contribution < 1.29 is 13.9 Å². The molecule has 1 heterocycles. The maximum absolute atomic E-state index is 13.2. The Balaban J connectivity index is 2.16. The van der Waals surface area contributed by atoms with Crippen molar-refractivity contribution in [1.29, 1.82) is 0 Å². The molecule has 2 N–H and O–H groups in total. The average Bonchev–Trinajstić information content (AvgIpc) is 2.85. The number of halogens is 2. The van der Waals surface area contributed by atoms with Crippen LogP contribution in [0.5, 0.6) is 5.75 Å². The standard InChI is InChI=1S/C15H13F2NO/c16-15(17)13-8-14-10(5-6-18-14)7-12(13)9-1-3-11(19)4-2-9/h1-4,7-8,15,18-19H,5-6H2. The van der Waals surface area contributed by atoms with Gasteiger partial charge in [-0.2, -0.15) is 0 Å². The number of alkyl halides is 2. The van der Waals surface area contributed by atoms with Gasteiger partial charge in [-0.25, -0.2) is 8.78 Å². The highest BCUT2D eigenvalue weighted by Gasteiger charge is 2.20. The molecule has 0 spiro atoms. The second-order valence-electron chi connectivity index (χ2n) is 4.62. The first-order valence-electron chi connectivity index (χ1n) is 6.13. The lowest BCUT2D eigenvalue weighted by molar-refractivity contribution is 0.152. The van der Waals surface area contributed by atoms with Crippen LogP contribution in [0.15, 0.2) is 36.4 Å². The number of nitrogens with one attached hydrogen (secondary N) is 1. The second kappa shape index (κ2) is 4.53. The molecule has 0 radical (unpaired) electrons. The second-order valence-corrected chi connectivity index (χ2v) is 4.62. The number of phenolic OH excluding ortho intramolecular Hbond substituents is 1. The lowest BCUT2D eigenvalue weighted by Crippen LogP contribution is -1.94. The van der Waals surface area contributed by atoms with Crippen molar-refractivity contribution >= 4 is 5.69 Å². The van der Waals surface area contributed by atoms with E-state index in [1.165, 1.54) is 18.2 Å². The van der Waals surface area contributed by atoms with Gasteiger partial charge in [-0.3, -0.25) is 0 Å². The number of anilines is 1. The van der Waals surface area contributed by atoms with Gasteiger partial charge in [0, 0.05) is 17.8 Å². The Morgan fingerprint density at radius 3 is 2.53 bits per heavy atom. The van der Waals surface area contributed by atoms with Crippen molar-refractivity contribution in [3.63, 3.8) is 0 Å². The summed E-state index contributed by atoms with van der Waals surface area (Å²) in [6.45, 7) is 0.789. The third kappa shape index (κ3) is 2.14. The zero-order chi connectivity index (χ0) is 13.4. The van der Waals surface area contributed by atoms with Crippen LogP contribution in [0, 0.1) is 0 Å². The van der Waals surface area contributed by atoms with Gasteiger partial charge in [-0.1, -0.05) is 12.1 Å². The first kappa shape index (κ1) is 12.0. The molecule has 2 aromatic carbocycles. The first-order chi connectivity index (χ1) is 9.15. The molecule has 0 amide bonds. The number of rotatable bonds is 2. The zero-order valence-corrected chi connectivity index (χ0v) is 10.2. The van der Waals surface area contributed by atoms with Gasteiger partial charge in [0.05, 0.1) is 0 Å². The quantitative estimate of drug-likeness (QED) is 0.857. The summed E-state index contributed by atoms with van der Waals surface area (Å²) in [6.07, 6.45) is -1.67. The summed E-state index contributed by atoms with van der Waals surface area (Å²) < 4.78 is 26.4. The minimum atomic E-state index is -2.52. The van der Waals surface area contributed by atoms with E-state index in [4.69, 9.17) is 0 Å². The van der Waals surface area contributed by atoms with Gasteiger partial charge in [0.15, 0.2) is 0 Å². The van der Waals surface area contributed by atoms with E-state index in [1.807, 2.05) is 6.07 Å². The molecular formula is C15H13F2NO. The molecule has 4 heteroatoms. The van der Waals surface area contributed by atoms with Gasteiger partial charge in [0.2, 0.25) is 0 Å². The van der Waals surface area contributed by atoms with E-state index in [9.17, 15) is 13.9 Å². The molecule has 1 aliphatic rings. The zero-order valence-electron chi connectivity index (χ0n) is 10.2. The Morgan fingerprint density at radius 1 is 1.11 bits per heavy atom. The lowest BCUT2D eigenvalue weighted by Gasteiger charge is -2.12. The topological polar surface area (TPSA) is 32.3 Å². The first-order valence-corrected chi connectivity index (χ1v) is 6.13. The molecule has 2 aromatic rings. The summed E-state index contributed by atoms with van der Waals surface area (Å²) in [4.78, 5) is 0. The van der Waals surface area contributed by atoms with E-state index >= 15 is 0 Å². The fourth-order valence-electron chi connectivity index (χ4n) is 2.44. The van der Waals surface area contributed by atoms with E-state index < -0.39 is 6.43 Å². The van der Waals surface area contributed by atoms with Gasteiger partial charge < -0.3 is 10.4 Å². The Morgan fingerprint density at radius 2 is 1.84 bits per heavy atom. The molecule has 19 heavy (non-hydrogen) atoms. The molecule has 0 bridgehead atoms. The van der Waals surface area contributed by atoms with Crippen LogP contribution in [-0.2, 0) is 6.42 Å².